The van der Waals surface area contributed by atoms with Crippen molar-refractivity contribution in [2.24, 2.45) is 0 Å². The van der Waals surface area contributed by atoms with E-state index in [1.807, 2.05) is 0 Å². The molecule has 0 radical (unpaired) electrons. The van der Waals surface area contributed by atoms with Crippen LogP contribution in [0.1, 0.15) is 5.56 Å². The predicted octanol–water partition coefficient (Wildman–Crippen LogP) is 6.33. The van der Waals surface area contributed by atoms with E-state index in [0.29, 0.717) is 10.4 Å². The second kappa shape index (κ2) is 4.49. The number of rotatable bonds is 0. The lowest BCUT2D eigenvalue weighted by atomic mass is 10.1. The molecule has 0 N–H and O–H groups in total. The standard InChI is InChI=1S/C13H5ClF3IS/c14-6-1-2-7-8-3-4-9(18)11(13(15,16)17)12(8)19-10(7)5-6/h1-5H. The number of benzene rings is 2. The molecule has 0 bridgehead atoms. The summed E-state index contributed by atoms with van der Waals surface area (Å²) < 4.78 is 40.8. The summed E-state index contributed by atoms with van der Waals surface area (Å²) in [6.07, 6.45) is -4.35. The average Bonchev–Trinajstić information content (AvgIpc) is 2.63. The summed E-state index contributed by atoms with van der Waals surface area (Å²) >= 11 is 8.75. The Kier molecular flexibility index (Phi) is 3.18. The van der Waals surface area contributed by atoms with Crippen molar-refractivity contribution >= 4 is 65.7 Å². The van der Waals surface area contributed by atoms with E-state index >= 15 is 0 Å². The molecule has 1 aromatic heterocycles. The fourth-order valence-corrected chi connectivity index (χ4v) is 4.54. The topological polar surface area (TPSA) is 0 Å². The summed E-state index contributed by atoms with van der Waals surface area (Å²) in [6.45, 7) is 0. The Bertz CT molecular complexity index is 792. The lowest BCUT2D eigenvalue weighted by Crippen LogP contribution is -2.07. The Morgan fingerprint density at radius 2 is 1.74 bits per heavy atom. The SMILES string of the molecule is FC(F)(F)c1c(I)ccc2c1sc1cc(Cl)ccc12. The molecule has 0 aliphatic heterocycles. The van der Waals surface area contributed by atoms with E-state index in [-0.39, 0.29) is 8.27 Å². The molecule has 0 nitrogen and oxygen atoms in total. The van der Waals surface area contributed by atoms with Crippen LogP contribution in [0.15, 0.2) is 30.3 Å². The summed E-state index contributed by atoms with van der Waals surface area (Å²) in [6, 6.07) is 8.41. The van der Waals surface area contributed by atoms with E-state index in [9.17, 15) is 13.2 Å². The van der Waals surface area contributed by atoms with Crippen LogP contribution in [-0.4, -0.2) is 0 Å². The van der Waals surface area contributed by atoms with Gasteiger partial charge in [0.2, 0.25) is 0 Å². The molecule has 0 amide bonds. The van der Waals surface area contributed by atoms with Gasteiger partial charge in [-0.2, -0.15) is 13.2 Å². The molecule has 0 unspecified atom stereocenters. The van der Waals surface area contributed by atoms with Gasteiger partial charge in [0.1, 0.15) is 0 Å². The highest BCUT2D eigenvalue weighted by Crippen LogP contribution is 2.44. The van der Waals surface area contributed by atoms with Crippen molar-refractivity contribution < 1.29 is 13.2 Å². The van der Waals surface area contributed by atoms with Crippen LogP contribution in [0.2, 0.25) is 5.02 Å². The lowest BCUT2D eigenvalue weighted by molar-refractivity contribution is -0.136. The second-order valence-electron chi connectivity index (χ2n) is 4.04. The summed E-state index contributed by atoms with van der Waals surface area (Å²) in [5.74, 6) is 0. The van der Waals surface area contributed by atoms with Crippen molar-refractivity contribution in [1.82, 2.24) is 0 Å². The van der Waals surface area contributed by atoms with Crippen molar-refractivity contribution in [2.75, 3.05) is 0 Å². The van der Waals surface area contributed by atoms with Crippen LogP contribution in [0, 0.1) is 3.57 Å². The van der Waals surface area contributed by atoms with E-state index in [1.54, 1.807) is 46.9 Å². The Morgan fingerprint density at radius 3 is 2.42 bits per heavy atom. The first-order valence-corrected chi connectivity index (χ1v) is 7.53. The van der Waals surface area contributed by atoms with E-state index in [4.69, 9.17) is 11.6 Å². The van der Waals surface area contributed by atoms with Crippen LogP contribution in [-0.2, 0) is 6.18 Å². The van der Waals surface area contributed by atoms with E-state index in [0.717, 1.165) is 21.4 Å². The van der Waals surface area contributed by atoms with Crippen molar-refractivity contribution in [2.45, 2.75) is 6.18 Å². The monoisotopic (exact) mass is 412 g/mol. The van der Waals surface area contributed by atoms with Gasteiger partial charge in [-0.15, -0.1) is 11.3 Å². The zero-order valence-corrected chi connectivity index (χ0v) is 12.9. The van der Waals surface area contributed by atoms with Crippen molar-refractivity contribution in [1.29, 1.82) is 0 Å². The van der Waals surface area contributed by atoms with Gasteiger partial charge in [-0.25, -0.2) is 0 Å². The van der Waals surface area contributed by atoms with Gasteiger partial charge < -0.3 is 0 Å². The Hall–Kier alpha value is -0.530. The van der Waals surface area contributed by atoms with E-state index in [1.165, 1.54) is 6.07 Å². The van der Waals surface area contributed by atoms with Gasteiger partial charge in [0.05, 0.1) is 5.56 Å². The van der Waals surface area contributed by atoms with Gasteiger partial charge >= 0.3 is 6.18 Å². The third kappa shape index (κ3) is 2.21. The molecule has 98 valence electrons. The molecular formula is C13H5ClF3IS. The Morgan fingerprint density at radius 1 is 1.05 bits per heavy atom. The number of fused-ring (bicyclic) bond motifs is 3. The smallest absolute Gasteiger partial charge is 0.166 e. The Labute approximate surface area is 129 Å². The Balaban J connectivity index is 2.50. The fraction of sp³-hybridized carbons (Fsp3) is 0.0769. The molecule has 0 aliphatic rings. The third-order valence-electron chi connectivity index (χ3n) is 2.84. The zero-order valence-electron chi connectivity index (χ0n) is 9.18. The molecular weight excluding hydrogens is 408 g/mol. The number of thiophene rings is 1. The van der Waals surface area contributed by atoms with Crippen molar-refractivity contribution in [3.8, 4) is 0 Å². The van der Waals surface area contributed by atoms with Crippen LogP contribution in [0.25, 0.3) is 20.2 Å². The minimum Gasteiger partial charge on any atom is -0.166 e. The van der Waals surface area contributed by atoms with Crippen LogP contribution in [0.5, 0.6) is 0 Å². The molecule has 3 rings (SSSR count). The van der Waals surface area contributed by atoms with Crippen molar-refractivity contribution in [3.63, 3.8) is 0 Å². The molecule has 0 aliphatic carbocycles. The second-order valence-corrected chi connectivity index (χ2v) is 6.69. The molecule has 0 atom stereocenters. The molecule has 0 fully saturated rings. The highest BCUT2D eigenvalue weighted by molar-refractivity contribution is 14.1. The number of hydrogen-bond donors (Lipinski definition) is 0. The fourth-order valence-electron chi connectivity index (χ4n) is 2.05. The molecule has 0 saturated carbocycles. The molecule has 1 heterocycles. The highest BCUT2D eigenvalue weighted by atomic mass is 127. The van der Waals surface area contributed by atoms with E-state index < -0.39 is 11.7 Å². The van der Waals surface area contributed by atoms with Gasteiger partial charge in [0.25, 0.3) is 0 Å². The summed E-state index contributed by atoms with van der Waals surface area (Å²) in [5, 5.41) is 1.97. The first-order chi connectivity index (χ1) is 8.88. The highest BCUT2D eigenvalue weighted by Gasteiger charge is 2.36. The lowest BCUT2D eigenvalue weighted by Gasteiger charge is -2.09. The summed E-state index contributed by atoms with van der Waals surface area (Å²) in [7, 11) is 0. The van der Waals surface area contributed by atoms with Crippen LogP contribution >= 0.6 is 45.5 Å². The number of alkyl halides is 3. The van der Waals surface area contributed by atoms with Gasteiger partial charge in [-0.3, -0.25) is 0 Å². The third-order valence-corrected chi connectivity index (χ3v) is 5.16. The van der Waals surface area contributed by atoms with Gasteiger partial charge in [0, 0.05) is 28.8 Å². The predicted molar refractivity (Wildman–Crippen MR) is 82.1 cm³/mol. The van der Waals surface area contributed by atoms with Gasteiger partial charge in [0.15, 0.2) is 0 Å². The first kappa shape index (κ1) is 13.5. The molecule has 19 heavy (non-hydrogen) atoms. The van der Waals surface area contributed by atoms with Gasteiger partial charge in [-0.1, -0.05) is 23.7 Å². The summed E-state index contributed by atoms with van der Waals surface area (Å²) in [4.78, 5) is 0. The quantitative estimate of drug-likeness (QED) is 0.378. The average molecular weight is 413 g/mol. The molecule has 0 spiro atoms. The largest absolute Gasteiger partial charge is 0.418 e. The molecule has 3 aromatic rings. The maximum atomic E-state index is 13.2. The minimum atomic E-state index is -4.35. The van der Waals surface area contributed by atoms with Crippen molar-refractivity contribution in [3.05, 3.63) is 44.5 Å². The first-order valence-electron chi connectivity index (χ1n) is 5.25. The maximum Gasteiger partial charge on any atom is 0.418 e. The normalized spacial score (nSPS) is 12.5. The zero-order chi connectivity index (χ0) is 13.8. The van der Waals surface area contributed by atoms with Crippen LogP contribution in [0.3, 0.4) is 0 Å². The number of hydrogen-bond acceptors (Lipinski definition) is 1. The molecule has 2 aromatic carbocycles. The molecule has 6 heteroatoms. The summed E-state index contributed by atoms with van der Waals surface area (Å²) in [5.41, 5.74) is -0.553. The van der Waals surface area contributed by atoms with E-state index in [2.05, 4.69) is 0 Å². The van der Waals surface area contributed by atoms with Gasteiger partial charge in [-0.05, 0) is 40.8 Å². The minimum absolute atomic E-state index is 0.218. The van der Waals surface area contributed by atoms with Crippen LogP contribution < -0.4 is 0 Å². The number of halogens is 5. The van der Waals surface area contributed by atoms with Crippen LogP contribution in [0.4, 0.5) is 13.2 Å². The maximum absolute atomic E-state index is 13.2. The molecule has 0 saturated heterocycles.